The number of carbonyl (C=O) groups excluding carboxylic acids is 2. The molecular weight excluding hydrogens is 338 g/mol. The summed E-state index contributed by atoms with van der Waals surface area (Å²) < 4.78 is 5.36. The highest BCUT2D eigenvalue weighted by molar-refractivity contribution is 7.11. The second kappa shape index (κ2) is 9.88. The largest absolute Gasteiger partial charge is 0.467 e. The fourth-order valence-corrected chi connectivity index (χ4v) is 3.20. The molecule has 2 N–H and O–H groups in total. The Balaban J connectivity index is 1.89. The SMILES string of the molecule is CCCNC(=O)CCNC(=O)N(Cc1ccco1)Cc1ccc(C)s1. The van der Waals surface area contributed by atoms with Crippen molar-refractivity contribution in [3.05, 3.63) is 46.0 Å². The van der Waals surface area contributed by atoms with Gasteiger partial charge in [-0.05, 0) is 37.6 Å². The van der Waals surface area contributed by atoms with E-state index in [0.717, 1.165) is 17.1 Å². The Hall–Kier alpha value is -2.28. The van der Waals surface area contributed by atoms with Crippen LogP contribution in [0.15, 0.2) is 34.9 Å². The average molecular weight is 363 g/mol. The highest BCUT2D eigenvalue weighted by Gasteiger charge is 2.16. The van der Waals surface area contributed by atoms with Crippen LogP contribution in [0.1, 0.15) is 35.3 Å². The zero-order valence-corrected chi connectivity index (χ0v) is 15.5. The van der Waals surface area contributed by atoms with E-state index >= 15 is 0 Å². The molecule has 0 saturated carbocycles. The lowest BCUT2D eigenvalue weighted by Gasteiger charge is -2.21. The molecule has 2 rings (SSSR count). The zero-order chi connectivity index (χ0) is 18.1. The highest BCUT2D eigenvalue weighted by Crippen LogP contribution is 2.18. The number of carbonyl (C=O) groups is 2. The van der Waals surface area contributed by atoms with Gasteiger partial charge in [0.1, 0.15) is 5.76 Å². The van der Waals surface area contributed by atoms with Crippen LogP contribution in [0.3, 0.4) is 0 Å². The minimum Gasteiger partial charge on any atom is -0.467 e. The first-order valence-corrected chi connectivity index (χ1v) is 9.27. The van der Waals surface area contributed by atoms with Crippen molar-refractivity contribution in [2.75, 3.05) is 13.1 Å². The summed E-state index contributed by atoms with van der Waals surface area (Å²) in [6, 6.07) is 7.52. The molecule has 0 unspecified atom stereocenters. The van der Waals surface area contributed by atoms with Crippen LogP contribution in [0.4, 0.5) is 4.79 Å². The second-order valence-electron chi connectivity index (χ2n) is 5.78. The molecule has 0 spiro atoms. The number of furan rings is 1. The highest BCUT2D eigenvalue weighted by atomic mass is 32.1. The molecule has 0 atom stereocenters. The van der Waals surface area contributed by atoms with E-state index in [1.54, 1.807) is 28.6 Å². The fraction of sp³-hybridized carbons (Fsp3) is 0.444. The third-order valence-corrected chi connectivity index (χ3v) is 4.54. The Labute approximate surface area is 152 Å². The molecule has 0 aliphatic heterocycles. The molecule has 7 heteroatoms. The van der Waals surface area contributed by atoms with Gasteiger partial charge in [-0.25, -0.2) is 4.79 Å². The standard InChI is InChI=1S/C18H25N3O3S/c1-3-9-19-17(22)8-10-20-18(23)21(12-15-5-4-11-24-15)13-16-7-6-14(2)25-16/h4-7,11H,3,8-10,12-13H2,1-2H3,(H,19,22)(H,20,23). The Morgan fingerprint density at radius 1 is 1.16 bits per heavy atom. The number of rotatable bonds is 9. The maximum absolute atomic E-state index is 12.5. The molecule has 6 nitrogen and oxygen atoms in total. The normalized spacial score (nSPS) is 10.5. The zero-order valence-electron chi connectivity index (χ0n) is 14.7. The number of thiophene rings is 1. The summed E-state index contributed by atoms with van der Waals surface area (Å²) in [5.74, 6) is 0.678. The van der Waals surface area contributed by atoms with E-state index in [2.05, 4.69) is 10.6 Å². The molecule has 25 heavy (non-hydrogen) atoms. The topological polar surface area (TPSA) is 74.6 Å². The van der Waals surface area contributed by atoms with Crippen molar-refractivity contribution in [3.63, 3.8) is 0 Å². The number of amides is 3. The van der Waals surface area contributed by atoms with E-state index in [0.29, 0.717) is 26.2 Å². The molecule has 2 heterocycles. The van der Waals surface area contributed by atoms with Gasteiger partial charge < -0.3 is 20.0 Å². The van der Waals surface area contributed by atoms with Crippen LogP contribution >= 0.6 is 11.3 Å². The van der Waals surface area contributed by atoms with Gasteiger partial charge in [0, 0.05) is 29.3 Å². The molecule has 0 bridgehead atoms. The van der Waals surface area contributed by atoms with Crippen LogP contribution in [0.5, 0.6) is 0 Å². The summed E-state index contributed by atoms with van der Waals surface area (Å²) >= 11 is 1.67. The smallest absolute Gasteiger partial charge is 0.318 e. The predicted octanol–water partition coefficient (Wildman–Crippen LogP) is 3.28. The van der Waals surface area contributed by atoms with Crippen molar-refractivity contribution < 1.29 is 14.0 Å². The van der Waals surface area contributed by atoms with E-state index in [1.165, 1.54) is 4.88 Å². The van der Waals surface area contributed by atoms with Gasteiger partial charge >= 0.3 is 6.03 Å². The summed E-state index contributed by atoms with van der Waals surface area (Å²) in [4.78, 5) is 28.1. The molecule has 3 amide bonds. The van der Waals surface area contributed by atoms with Gasteiger partial charge in [-0.2, -0.15) is 0 Å². The van der Waals surface area contributed by atoms with Crippen molar-refractivity contribution in [1.82, 2.24) is 15.5 Å². The van der Waals surface area contributed by atoms with Crippen molar-refractivity contribution in [1.29, 1.82) is 0 Å². The van der Waals surface area contributed by atoms with Crippen LogP contribution in [-0.4, -0.2) is 29.9 Å². The van der Waals surface area contributed by atoms with Gasteiger partial charge in [0.2, 0.25) is 5.91 Å². The molecule has 136 valence electrons. The molecule has 0 radical (unpaired) electrons. The number of hydrogen-bond donors (Lipinski definition) is 2. The van der Waals surface area contributed by atoms with Gasteiger partial charge in [-0.15, -0.1) is 11.3 Å². The molecule has 0 aromatic carbocycles. The van der Waals surface area contributed by atoms with Gasteiger partial charge in [0.15, 0.2) is 0 Å². The Kier molecular flexibility index (Phi) is 7.53. The Morgan fingerprint density at radius 2 is 2.00 bits per heavy atom. The van der Waals surface area contributed by atoms with Crippen molar-refractivity contribution in [3.8, 4) is 0 Å². The maximum atomic E-state index is 12.5. The van der Waals surface area contributed by atoms with Crippen LogP contribution in [-0.2, 0) is 17.9 Å². The summed E-state index contributed by atoms with van der Waals surface area (Å²) in [7, 11) is 0. The van der Waals surface area contributed by atoms with Gasteiger partial charge in [0.05, 0.1) is 19.4 Å². The predicted molar refractivity (Wildman–Crippen MR) is 98.3 cm³/mol. The Bertz CT molecular complexity index is 667. The van der Waals surface area contributed by atoms with Crippen molar-refractivity contribution >= 4 is 23.3 Å². The summed E-state index contributed by atoms with van der Waals surface area (Å²) in [6.45, 7) is 5.91. The van der Waals surface area contributed by atoms with Crippen LogP contribution in [0.2, 0.25) is 0 Å². The third-order valence-electron chi connectivity index (χ3n) is 3.56. The lowest BCUT2D eigenvalue weighted by molar-refractivity contribution is -0.120. The quantitative estimate of drug-likeness (QED) is 0.718. The van der Waals surface area contributed by atoms with Crippen LogP contribution in [0, 0.1) is 6.92 Å². The lowest BCUT2D eigenvalue weighted by atomic mass is 10.3. The minimum absolute atomic E-state index is 0.0476. The molecule has 0 saturated heterocycles. The van der Waals surface area contributed by atoms with Crippen molar-refractivity contribution in [2.24, 2.45) is 0 Å². The molecule has 2 aromatic heterocycles. The number of aryl methyl sites for hydroxylation is 1. The maximum Gasteiger partial charge on any atom is 0.318 e. The van der Waals surface area contributed by atoms with E-state index < -0.39 is 0 Å². The third kappa shape index (κ3) is 6.62. The van der Waals surface area contributed by atoms with E-state index in [9.17, 15) is 9.59 Å². The number of nitrogens with zero attached hydrogens (tertiary/aromatic N) is 1. The van der Waals surface area contributed by atoms with Crippen molar-refractivity contribution in [2.45, 2.75) is 39.8 Å². The first kappa shape index (κ1) is 19.1. The number of nitrogens with one attached hydrogen (secondary N) is 2. The molecule has 0 aliphatic carbocycles. The van der Waals surface area contributed by atoms with Gasteiger partial charge in [0.25, 0.3) is 0 Å². The first-order chi connectivity index (χ1) is 12.1. The van der Waals surface area contributed by atoms with E-state index in [-0.39, 0.29) is 18.4 Å². The average Bonchev–Trinajstić information content (AvgIpc) is 3.24. The van der Waals surface area contributed by atoms with Gasteiger partial charge in [-0.1, -0.05) is 6.92 Å². The summed E-state index contributed by atoms with van der Waals surface area (Å²) in [5.41, 5.74) is 0. The summed E-state index contributed by atoms with van der Waals surface area (Å²) in [5, 5.41) is 5.62. The fourth-order valence-electron chi connectivity index (χ4n) is 2.30. The number of urea groups is 1. The molecule has 0 aliphatic rings. The van der Waals surface area contributed by atoms with Crippen LogP contribution < -0.4 is 10.6 Å². The van der Waals surface area contributed by atoms with E-state index in [4.69, 9.17) is 4.42 Å². The monoisotopic (exact) mass is 363 g/mol. The second-order valence-corrected chi connectivity index (χ2v) is 7.15. The number of hydrogen-bond acceptors (Lipinski definition) is 4. The summed E-state index contributed by atoms with van der Waals surface area (Å²) in [6.07, 6.45) is 2.77. The minimum atomic E-state index is -0.203. The Morgan fingerprint density at radius 3 is 2.64 bits per heavy atom. The van der Waals surface area contributed by atoms with Crippen LogP contribution in [0.25, 0.3) is 0 Å². The molecule has 0 fully saturated rings. The lowest BCUT2D eigenvalue weighted by Crippen LogP contribution is -2.40. The first-order valence-electron chi connectivity index (χ1n) is 8.45. The van der Waals surface area contributed by atoms with E-state index in [1.807, 2.05) is 32.0 Å². The molecular formula is C18H25N3O3S. The van der Waals surface area contributed by atoms with Gasteiger partial charge in [-0.3, -0.25) is 4.79 Å². The molecule has 2 aromatic rings.